The van der Waals surface area contributed by atoms with Crippen molar-refractivity contribution in [3.8, 4) is 0 Å². The fourth-order valence-electron chi connectivity index (χ4n) is 3.89. The molecule has 0 aliphatic heterocycles. The minimum absolute atomic E-state index is 0.189. The van der Waals surface area contributed by atoms with E-state index in [4.69, 9.17) is 19.0 Å². The van der Waals surface area contributed by atoms with Gasteiger partial charge in [0.25, 0.3) is 0 Å². The summed E-state index contributed by atoms with van der Waals surface area (Å²) in [5.74, 6) is 0. The van der Waals surface area contributed by atoms with E-state index in [0.717, 1.165) is 49.4 Å². The van der Waals surface area contributed by atoms with Crippen LogP contribution in [0.25, 0.3) is 43.9 Å². The van der Waals surface area contributed by atoms with Gasteiger partial charge in [-0.05, 0) is 55.8 Å². The van der Waals surface area contributed by atoms with Gasteiger partial charge in [-0.25, -0.2) is 9.97 Å². The molecule has 0 unspecified atom stereocenters. The van der Waals surface area contributed by atoms with Crippen LogP contribution in [0.5, 0.6) is 0 Å². The number of fused-ring (bicyclic) bond motifs is 7. The second-order valence-electron chi connectivity index (χ2n) is 7.15. The standard InChI is InChI=1S/C23H21N4O3P/c1-3-29-31(28,30-4-2)14-15-9-10-18-19(13-15)27-23-17-8-6-12-25-21(17)20-16(22(23)26-18)7-5-11-24-20/h5-13H,3-4,14H2,1-2H3. The zero-order chi connectivity index (χ0) is 21.4. The smallest absolute Gasteiger partial charge is 0.309 e. The minimum Gasteiger partial charge on any atom is -0.309 e. The zero-order valence-corrected chi connectivity index (χ0v) is 18.2. The predicted octanol–water partition coefficient (Wildman–Crippen LogP) is 5.65. The van der Waals surface area contributed by atoms with Crippen LogP contribution in [0, 0.1) is 0 Å². The maximum absolute atomic E-state index is 13.0. The maximum atomic E-state index is 13.0. The summed E-state index contributed by atoms with van der Waals surface area (Å²) in [6.07, 6.45) is 3.71. The van der Waals surface area contributed by atoms with Crippen LogP contribution in [-0.4, -0.2) is 33.1 Å². The molecule has 0 saturated heterocycles. The van der Waals surface area contributed by atoms with Crippen LogP contribution in [0.2, 0.25) is 0 Å². The molecule has 0 fully saturated rings. The van der Waals surface area contributed by atoms with Crippen molar-refractivity contribution in [3.63, 3.8) is 0 Å². The van der Waals surface area contributed by atoms with Gasteiger partial charge in [-0.2, -0.15) is 0 Å². The third-order valence-electron chi connectivity index (χ3n) is 5.11. The lowest BCUT2D eigenvalue weighted by Gasteiger charge is -2.17. The Bertz CT molecular complexity index is 1480. The fourth-order valence-corrected chi connectivity index (χ4v) is 5.58. The molecule has 0 amide bonds. The van der Waals surface area contributed by atoms with Crippen LogP contribution in [0.3, 0.4) is 0 Å². The Balaban J connectivity index is 1.73. The summed E-state index contributed by atoms with van der Waals surface area (Å²) in [5.41, 5.74) is 5.48. The van der Waals surface area contributed by atoms with Gasteiger partial charge in [0.15, 0.2) is 0 Å². The van der Waals surface area contributed by atoms with Gasteiger partial charge in [0, 0.05) is 23.2 Å². The third kappa shape index (κ3) is 3.55. The van der Waals surface area contributed by atoms with Crippen molar-refractivity contribution in [2.45, 2.75) is 20.0 Å². The number of hydrogen-bond donors (Lipinski definition) is 0. The first kappa shape index (κ1) is 19.9. The van der Waals surface area contributed by atoms with Crippen molar-refractivity contribution in [1.82, 2.24) is 19.9 Å². The van der Waals surface area contributed by atoms with Gasteiger partial charge in [0.1, 0.15) is 0 Å². The second-order valence-corrected chi connectivity index (χ2v) is 9.20. The number of benzene rings is 2. The molecule has 0 bridgehead atoms. The molecule has 0 aliphatic rings. The van der Waals surface area contributed by atoms with Gasteiger partial charge < -0.3 is 9.05 Å². The van der Waals surface area contributed by atoms with Crippen molar-refractivity contribution in [3.05, 3.63) is 60.4 Å². The highest BCUT2D eigenvalue weighted by atomic mass is 31.2. The van der Waals surface area contributed by atoms with Crippen LogP contribution in [-0.2, 0) is 19.8 Å². The van der Waals surface area contributed by atoms with Gasteiger partial charge >= 0.3 is 7.60 Å². The van der Waals surface area contributed by atoms with Crippen molar-refractivity contribution >= 4 is 51.5 Å². The molecule has 0 aliphatic carbocycles. The van der Waals surface area contributed by atoms with Crippen LogP contribution in [0.4, 0.5) is 0 Å². The quantitative estimate of drug-likeness (QED) is 0.195. The molecule has 3 aromatic heterocycles. The normalized spacial score (nSPS) is 12.3. The highest BCUT2D eigenvalue weighted by molar-refractivity contribution is 7.53. The Morgan fingerprint density at radius 3 is 1.94 bits per heavy atom. The lowest BCUT2D eigenvalue weighted by atomic mass is 10.1. The molecule has 0 atom stereocenters. The fraction of sp³-hybridized carbons (Fsp3) is 0.217. The number of aromatic nitrogens is 4. The maximum Gasteiger partial charge on any atom is 0.335 e. The molecule has 0 N–H and O–H groups in total. The van der Waals surface area contributed by atoms with E-state index in [0.29, 0.717) is 13.2 Å². The van der Waals surface area contributed by atoms with Crippen LogP contribution < -0.4 is 0 Å². The molecule has 0 spiro atoms. The summed E-state index contributed by atoms with van der Waals surface area (Å²) in [6, 6.07) is 13.5. The molecule has 31 heavy (non-hydrogen) atoms. The van der Waals surface area contributed by atoms with Gasteiger partial charge in [0.2, 0.25) is 0 Å². The molecule has 8 heteroatoms. The lowest BCUT2D eigenvalue weighted by Crippen LogP contribution is -2.00. The highest BCUT2D eigenvalue weighted by Gasteiger charge is 2.24. The largest absolute Gasteiger partial charge is 0.335 e. The third-order valence-corrected chi connectivity index (χ3v) is 7.16. The molecular formula is C23H21N4O3P. The van der Waals surface area contributed by atoms with E-state index in [2.05, 4.69) is 9.97 Å². The summed E-state index contributed by atoms with van der Waals surface area (Å²) in [7, 11) is -3.21. The van der Waals surface area contributed by atoms with Crippen LogP contribution >= 0.6 is 7.60 Å². The number of hydrogen-bond acceptors (Lipinski definition) is 7. The Morgan fingerprint density at radius 2 is 1.35 bits per heavy atom. The van der Waals surface area contributed by atoms with Crippen molar-refractivity contribution in [2.24, 2.45) is 0 Å². The summed E-state index contributed by atoms with van der Waals surface area (Å²) in [4.78, 5) is 18.9. The van der Waals surface area contributed by atoms with Gasteiger partial charge in [-0.15, -0.1) is 0 Å². The number of rotatable bonds is 6. The Morgan fingerprint density at radius 1 is 0.774 bits per heavy atom. The van der Waals surface area contributed by atoms with E-state index in [9.17, 15) is 4.57 Å². The highest BCUT2D eigenvalue weighted by Crippen LogP contribution is 2.51. The molecule has 3 heterocycles. The van der Waals surface area contributed by atoms with Crippen molar-refractivity contribution < 1.29 is 13.6 Å². The van der Waals surface area contributed by atoms with Gasteiger partial charge in [0.05, 0.1) is 52.5 Å². The van der Waals surface area contributed by atoms with Crippen LogP contribution in [0.1, 0.15) is 19.4 Å². The molecule has 7 nitrogen and oxygen atoms in total. The van der Waals surface area contributed by atoms with E-state index >= 15 is 0 Å². The summed E-state index contributed by atoms with van der Waals surface area (Å²) in [6.45, 7) is 4.27. The Labute approximate surface area is 179 Å². The molecule has 0 radical (unpaired) electrons. The zero-order valence-electron chi connectivity index (χ0n) is 17.3. The lowest BCUT2D eigenvalue weighted by molar-refractivity contribution is 0.219. The summed E-state index contributed by atoms with van der Waals surface area (Å²) < 4.78 is 23.8. The van der Waals surface area contributed by atoms with Gasteiger partial charge in [-0.3, -0.25) is 14.5 Å². The first-order chi connectivity index (χ1) is 15.1. The molecule has 0 saturated carbocycles. The van der Waals surface area contributed by atoms with E-state index in [1.807, 2.05) is 56.3 Å². The molecular weight excluding hydrogens is 411 g/mol. The Hall–Kier alpha value is -2.99. The van der Waals surface area contributed by atoms with Crippen molar-refractivity contribution in [2.75, 3.05) is 13.2 Å². The first-order valence-corrected chi connectivity index (χ1v) is 11.9. The first-order valence-electron chi connectivity index (χ1n) is 10.2. The second kappa shape index (κ2) is 7.93. The van der Waals surface area contributed by atoms with E-state index in [1.54, 1.807) is 12.4 Å². The van der Waals surface area contributed by atoms with Gasteiger partial charge in [-0.1, -0.05) is 6.07 Å². The summed E-state index contributed by atoms with van der Waals surface area (Å²) in [5, 5.41) is 1.82. The monoisotopic (exact) mass is 432 g/mol. The van der Waals surface area contributed by atoms with Crippen LogP contribution in [0.15, 0.2) is 54.9 Å². The Kier molecular flexibility index (Phi) is 5.10. The molecule has 2 aromatic carbocycles. The molecule has 5 rings (SSSR count). The van der Waals surface area contributed by atoms with Crippen molar-refractivity contribution in [1.29, 1.82) is 0 Å². The summed E-state index contributed by atoms with van der Waals surface area (Å²) >= 11 is 0. The number of pyridine rings is 2. The molecule has 156 valence electrons. The topological polar surface area (TPSA) is 87.1 Å². The average Bonchev–Trinajstić information content (AvgIpc) is 2.78. The molecule has 5 aromatic rings. The SMILES string of the molecule is CCOP(=O)(Cc1ccc2nc3c4cccnc4c4ncccc4c3nc2c1)OCC. The minimum atomic E-state index is -3.21. The van der Waals surface area contributed by atoms with E-state index < -0.39 is 7.60 Å². The number of nitrogens with zero attached hydrogens (tertiary/aromatic N) is 4. The predicted molar refractivity (Wildman–Crippen MR) is 122 cm³/mol. The average molecular weight is 432 g/mol. The van der Waals surface area contributed by atoms with E-state index in [1.165, 1.54) is 0 Å². The van der Waals surface area contributed by atoms with E-state index in [-0.39, 0.29) is 6.16 Å².